The Balaban J connectivity index is 1.84. The Hall–Kier alpha value is -0.480. The van der Waals surface area contributed by atoms with Crippen molar-refractivity contribution in [3.63, 3.8) is 0 Å². The van der Waals surface area contributed by atoms with Crippen LogP contribution in [0.3, 0.4) is 0 Å². The number of hydrogen-bond acceptors (Lipinski definition) is 2. The van der Waals surface area contributed by atoms with Crippen molar-refractivity contribution in [1.82, 2.24) is 4.90 Å². The molecule has 22 heavy (non-hydrogen) atoms. The fourth-order valence-corrected chi connectivity index (χ4v) is 5.46. The van der Waals surface area contributed by atoms with E-state index in [1.165, 1.54) is 24.1 Å². The minimum absolute atomic E-state index is 0.102. The van der Waals surface area contributed by atoms with Crippen molar-refractivity contribution in [2.45, 2.75) is 56.9 Å². The third-order valence-corrected chi connectivity index (χ3v) is 6.91. The second kappa shape index (κ2) is 7.39. The van der Waals surface area contributed by atoms with Gasteiger partial charge in [-0.3, -0.25) is 13.7 Å². The molecule has 1 aliphatic carbocycles. The van der Waals surface area contributed by atoms with Crippen LogP contribution in [0.15, 0.2) is 12.1 Å². The predicted octanol–water partition coefficient (Wildman–Crippen LogP) is 5.10. The number of rotatable bonds is 5. The van der Waals surface area contributed by atoms with Crippen LogP contribution in [0.2, 0.25) is 0 Å². The number of likely N-dealkylation sites (tertiary alicyclic amines) is 1. The molecular formula is C18H27F2NS. The topological polar surface area (TPSA) is 3.24 Å². The van der Waals surface area contributed by atoms with E-state index in [4.69, 9.17) is 0 Å². The largest absolute Gasteiger partial charge is 0.293 e. The summed E-state index contributed by atoms with van der Waals surface area (Å²) in [5, 5.41) is 0. The van der Waals surface area contributed by atoms with E-state index < -0.39 is 0 Å². The summed E-state index contributed by atoms with van der Waals surface area (Å²) in [4.78, 5) is 5.22. The Morgan fingerprint density at radius 3 is 2.45 bits per heavy atom. The number of thiophene rings is 1. The fraction of sp³-hybridized carbons (Fsp3) is 0.778. The maximum absolute atomic E-state index is 13.0. The molecule has 4 heteroatoms. The number of nitrogens with zero attached hydrogens (tertiary/aromatic N) is 1. The van der Waals surface area contributed by atoms with Crippen LogP contribution in [0.1, 0.15) is 54.7 Å². The van der Waals surface area contributed by atoms with E-state index in [-0.39, 0.29) is 24.8 Å². The summed E-state index contributed by atoms with van der Waals surface area (Å²) in [6.07, 6.45) is 8.53. The highest BCUT2D eigenvalue weighted by molar-refractivity contribution is 7.12. The number of alkyl halides is 2. The second-order valence-electron chi connectivity index (χ2n) is 6.88. The van der Waals surface area contributed by atoms with E-state index in [2.05, 4.69) is 17.0 Å². The molecule has 1 aromatic heterocycles. The van der Waals surface area contributed by atoms with Crippen molar-refractivity contribution in [2.75, 3.05) is 26.4 Å². The molecule has 1 saturated heterocycles. The highest BCUT2D eigenvalue weighted by Crippen LogP contribution is 2.47. The molecule has 0 spiro atoms. The normalized spacial score (nSPS) is 30.5. The zero-order valence-electron chi connectivity index (χ0n) is 13.3. The summed E-state index contributed by atoms with van der Waals surface area (Å²) in [6, 6.07) is 4.33. The van der Waals surface area contributed by atoms with Crippen molar-refractivity contribution in [2.24, 2.45) is 5.92 Å². The monoisotopic (exact) mass is 326 g/mol. The second-order valence-corrected chi connectivity index (χ2v) is 8.05. The maximum Gasteiger partial charge on any atom is 0.0942 e. The number of halogens is 2. The van der Waals surface area contributed by atoms with Gasteiger partial charge in [0.05, 0.1) is 18.9 Å². The third kappa shape index (κ3) is 3.23. The van der Waals surface area contributed by atoms with Crippen molar-refractivity contribution in [1.29, 1.82) is 0 Å². The standard InChI is InChI=1S/C18H27F2NS/c19-11-8-16-4-5-17(22-16)18(21-12-2-1-3-13-21)9-6-15(14-20)7-10-18/h4-5,15H,1-3,6-14H2/i19-1. The van der Waals surface area contributed by atoms with E-state index in [1.807, 2.05) is 0 Å². The zero-order chi connectivity index (χ0) is 15.4. The van der Waals surface area contributed by atoms with Crippen LogP contribution in [0, 0.1) is 5.92 Å². The molecule has 1 aliphatic heterocycles. The van der Waals surface area contributed by atoms with Crippen molar-refractivity contribution in [3.8, 4) is 0 Å². The van der Waals surface area contributed by atoms with Crippen LogP contribution in [0.4, 0.5) is 8.78 Å². The lowest BCUT2D eigenvalue weighted by molar-refractivity contribution is 0.0170. The number of piperidine rings is 1. The van der Waals surface area contributed by atoms with Gasteiger partial charge >= 0.3 is 0 Å². The molecule has 0 unspecified atom stereocenters. The van der Waals surface area contributed by atoms with Gasteiger partial charge in [0.1, 0.15) is 0 Å². The lowest BCUT2D eigenvalue weighted by Crippen LogP contribution is -2.50. The van der Waals surface area contributed by atoms with E-state index in [0.717, 1.165) is 43.6 Å². The average molecular weight is 326 g/mol. The first-order valence-corrected chi connectivity index (χ1v) is 9.56. The van der Waals surface area contributed by atoms with E-state index in [9.17, 15) is 8.78 Å². The van der Waals surface area contributed by atoms with Gasteiger partial charge in [-0.2, -0.15) is 0 Å². The van der Waals surface area contributed by atoms with Crippen LogP contribution in [0.25, 0.3) is 0 Å². The summed E-state index contributed by atoms with van der Waals surface area (Å²) < 4.78 is 25.7. The van der Waals surface area contributed by atoms with Crippen LogP contribution in [0.5, 0.6) is 0 Å². The summed E-state index contributed by atoms with van der Waals surface area (Å²) in [5.41, 5.74) is 0.102. The quantitative estimate of drug-likeness (QED) is 0.727. The lowest BCUT2D eigenvalue weighted by atomic mass is 9.74. The molecule has 124 valence electrons. The smallest absolute Gasteiger partial charge is 0.0942 e. The minimum atomic E-state index is -0.277. The first kappa shape index (κ1) is 16.4. The molecule has 0 N–H and O–H groups in total. The molecule has 2 fully saturated rings. The Morgan fingerprint density at radius 1 is 1.09 bits per heavy atom. The van der Waals surface area contributed by atoms with Gasteiger partial charge in [-0.25, -0.2) is 0 Å². The Morgan fingerprint density at radius 2 is 1.82 bits per heavy atom. The summed E-state index contributed by atoms with van der Waals surface area (Å²) in [6.45, 7) is 1.88. The summed E-state index contributed by atoms with van der Waals surface area (Å²) in [5.74, 6) is 0.253. The van der Waals surface area contributed by atoms with Gasteiger partial charge in [-0.1, -0.05) is 6.42 Å². The fourth-order valence-electron chi connectivity index (χ4n) is 4.21. The van der Waals surface area contributed by atoms with Gasteiger partial charge in [-0.05, 0) is 69.7 Å². The zero-order valence-corrected chi connectivity index (χ0v) is 14.1. The number of aryl methyl sites for hydroxylation is 1. The predicted molar refractivity (Wildman–Crippen MR) is 89.0 cm³/mol. The van der Waals surface area contributed by atoms with Gasteiger partial charge in [0.25, 0.3) is 0 Å². The van der Waals surface area contributed by atoms with Crippen LogP contribution >= 0.6 is 11.3 Å². The SMILES string of the molecule is FCC1CCC(c2ccc(CC[18F])s2)(N2CCCCC2)CC1. The Labute approximate surface area is 136 Å². The molecule has 2 aliphatic rings. The first-order valence-electron chi connectivity index (χ1n) is 8.74. The van der Waals surface area contributed by atoms with Crippen molar-refractivity contribution >= 4 is 11.3 Å². The average Bonchev–Trinajstić information content (AvgIpc) is 3.05. The highest BCUT2D eigenvalue weighted by atomic mass is 32.1. The summed E-state index contributed by atoms with van der Waals surface area (Å²) >= 11 is 1.79. The molecule has 0 amide bonds. The van der Waals surface area contributed by atoms with Gasteiger partial charge in [0.15, 0.2) is 0 Å². The van der Waals surface area contributed by atoms with Crippen LogP contribution in [-0.2, 0) is 12.0 Å². The van der Waals surface area contributed by atoms with Crippen LogP contribution in [-0.4, -0.2) is 31.3 Å². The first-order chi connectivity index (χ1) is 10.8. The Bertz CT molecular complexity index is 459. The molecule has 1 nitrogen and oxygen atoms in total. The lowest BCUT2D eigenvalue weighted by Gasteiger charge is -2.49. The van der Waals surface area contributed by atoms with E-state index >= 15 is 0 Å². The Kier molecular flexibility index (Phi) is 5.50. The molecular weight excluding hydrogens is 299 g/mol. The molecule has 0 bridgehead atoms. The van der Waals surface area contributed by atoms with Gasteiger partial charge in [0.2, 0.25) is 0 Å². The van der Waals surface area contributed by atoms with Gasteiger partial charge in [-0.15, -0.1) is 11.3 Å². The third-order valence-electron chi connectivity index (χ3n) is 5.57. The van der Waals surface area contributed by atoms with Crippen LogP contribution < -0.4 is 0 Å². The maximum atomic E-state index is 13.0. The molecule has 3 rings (SSSR count). The van der Waals surface area contributed by atoms with E-state index in [1.54, 1.807) is 11.3 Å². The van der Waals surface area contributed by atoms with Crippen molar-refractivity contribution < 1.29 is 8.78 Å². The molecule has 2 heterocycles. The molecule has 0 radical (unpaired) electrons. The van der Waals surface area contributed by atoms with E-state index in [0.29, 0.717) is 6.42 Å². The molecule has 0 atom stereocenters. The molecule has 0 aromatic carbocycles. The molecule has 1 aromatic rings. The van der Waals surface area contributed by atoms with Gasteiger partial charge in [0, 0.05) is 16.2 Å². The molecule has 1 saturated carbocycles. The summed E-state index contributed by atoms with van der Waals surface area (Å²) in [7, 11) is 0. The highest BCUT2D eigenvalue weighted by Gasteiger charge is 2.42. The van der Waals surface area contributed by atoms with Crippen molar-refractivity contribution in [3.05, 3.63) is 21.9 Å². The minimum Gasteiger partial charge on any atom is -0.293 e. The van der Waals surface area contributed by atoms with Gasteiger partial charge < -0.3 is 0 Å². The number of hydrogen-bond donors (Lipinski definition) is 0.